The van der Waals surface area contributed by atoms with E-state index in [0.717, 1.165) is 12.2 Å². The van der Waals surface area contributed by atoms with Gasteiger partial charge in [0.2, 0.25) is 0 Å². The summed E-state index contributed by atoms with van der Waals surface area (Å²) in [4.78, 5) is 0. The van der Waals surface area contributed by atoms with Crippen LogP contribution in [0, 0.1) is 0 Å². The Morgan fingerprint density at radius 3 is 2.79 bits per heavy atom. The van der Waals surface area contributed by atoms with E-state index >= 15 is 0 Å². The average molecular weight is 189 g/mol. The molecule has 0 aliphatic rings. The second-order valence-corrected chi connectivity index (χ2v) is 3.45. The summed E-state index contributed by atoms with van der Waals surface area (Å²) in [5, 5.41) is 1.25. The Morgan fingerprint density at radius 1 is 1.36 bits per heavy atom. The number of benzene rings is 1. The van der Waals surface area contributed by atoms with Crippen LogP contribution in [0.5, 0.6) is 5.75 Å². The molecule has 0 N–H and O–H groups in total. The molecule has 2 rings (SSSR count). The summed E-state index contributed by atoms with van der Waals surface area (Å²) in [6.45, 7) is 2.17. The fourth-order valence-electron chi connectivity index (χ4n) is 1.94. The van der Waals surface area contributed by atoms with Gasteiger partial charge in [-0.3, -0.25) is 0 Å². The highest BCUT2D eigenvalue weighted by Gasteiger charge is 2.07. The maximum absolute atomic E-state index is 5.35. The monoisotopic (exact) mass is 189 g/mol. The maximum atomic E-state index is 5.35. The fraction of sp³-hybridized carbons (Fsp3) is 0.333. The first kappa shape index (κ1) is 9.13. The van der Waals surface area contributed by atoms with E-state index in [9.17, 15) is 0 Å². The van der Waals surface area contributed by atoms with Crippen molar-refractivity contribution in [3.63, 3.8) is 0 Å². The molecule has 0 spiro atoms. The second kappa shape index (κ2) is 3.37. The van der Waals surface area contributed by atoms with Crippen LogP contribution in [0.1, 0.15) is 12.6 Å². The third-order valence-corrected chi connectivity index (χ3v) is 2.70. The van der Waals surface area contributed by atoms with Crippen molar-refractivity contribution in [2.45, 2.75) is 13.3 Å². The molecule has 2 heteroatoms. The zero-order valence-electron chi connectivity index (χ0n) is 8.87. The summed E-state index contributed by atoms with van der Waals surface area (Å²) in [5.41, 5.74) is 2.52. The molecule has 0 amide bonds. The third-order valence-electron chi connectivity index (χ3n) is 2.70. The standard InChI is InChI=1S/C12H15NO/c1-4-10-8-9-6-5-7-11(14-3)12(9)13(10)2/h5-8H,4H2,1-3H3. The van der Waals surface area contributed by atoms with Crippen LogP contribution in [0.15, 0.2) is 24.3 Å². The molecule has 1 aromatic carbocycles. The van der Waals surface area contributed by atoms with Gasteiger partial charge in [-0.25, -0.2) is 0 Å². The highest BCUT2D eigenvalue weighted by molar-refractivity contribution is 5.86. The molecule has 2 aromatic rings. The molecule has 0 saturated heterocycles. The third kappa shape index (κ3) is 1.18. The molecule has 2 nitrogen and oxygen atoms in total. The van der Waals surface area contributed by atoms with Gasteiger partial charge in [0.1, 0.15) is 5.75 Å². The highest BCUT2D eigenvalue weighted by atomic mass is 16.5. The van der Waals surface area contributed by atoms with E-state index in [1.54, 1.807) is 7.11 Å². The van der Waals surface area contributed by atoms with Gasteiger partial charge in [0.15, 0.2) is 0 Å². The molecule has 14 heavy (non-hydrogen) atoms. The predicted molar refractivity (Wildman–Crippen MR) is 58.8 cm³/mol. The van der Waals surface area contributed by atoms with Gasteiger partial charge in [0.05, 0.1) is 12.6 Å². The lowest BCUT2D eigenvalue weighted by Crippen LogP contribution is -1.95. The molecular formula is C12H15NO. The van der Waals surface area contributed by atoms with Crippen molar-refractivity contribution in [3.8, 4) is 5.75 Å². The van der Waals surface area contributed by atoms with Gasteiger partial charge >= 0.3 is 0 Å². The lowest BCUT2D eigenvalue weighted by Gasteiger charge is -2.05. The zero-order valence-corrected chi connectivity index (χ0v) is 8.87. The van der Waals surface area contributed by atoms with Gasteiger partial charge in [0.25, 0.3) is 0 Å². The lowest BCUT2D eigenvalue weighted by atomic mass is 10.2. The summed E-state index contributed by atoms with van der Waals surface area (Å²) in [6.07, 6.45) is 1.05. The molecule has 1 heterocycles. The molecule has 0 radical (unpaired) electrons. The van der Waals surface area contributed by atoms with E-state index in [-0.39, 0.29) is 0 Å². The average Bonchev–Trinajstić information content (AvgIpc) is 2.55. The van der Waals surface area contributed by atoms with E-state index in [2.05, 4.69) is 30.7 Å². The Bertz CT molecular complexity index is 457. The predicted octanol–water partition coefficient (Wildman–Crippen LogP) is 2.75. The van der Waals surface area contributed by atoms with E-state index in [4.69, 9.17) is 4.74 Å². The van der Waals surface area contributed by atoms with Gasteiger partial charge in [0, 0.05) is 18.1 Å². The van der Waals surface area contributed by atoms with Gasteiger partial charge in [-0.1, -0.05) is 19.1 Å². The molecule has 0 aliphatic heterocycles. The van der Waals surface area contributed by atoms with Crippen LogP contribution in [0.2, 0.25) is 0 Å². The quantitative estimate of drug-likeness (QED) is 0.708. The number of nitrogens with zero attached hydrogens (tertiary/aromatic N) is 1. The van der Waals surface area contributed by atoms with E-state index in [0.29, 0.717) is 0 Å². The minimum atomic E-state index is 0.949. The summed E-state index contributed by atoms with van der Waals surface area (Å²) in [5.74, 6) is 0.949. The van der Waals surface area contributed by atoms with Crippen LogP contribution in [0.4, 0.5) is 0 Å². The van der Waals surface area contributed by atoms with Crippen LogP contribution in [0.3, 0.4) is 0 Å². The first-order valence-electron chi connectivity index (χ1n) is 4.89. The molecular weight excluding hydrogens is 174 g/mol. The van der Waals surface area contributed by atoms with Crippen molar-refractivity contribution in [1.82, 2.24) is 4.57 Å². The SMILES string of the molecule is CCc1cc2cccc(OC)c2n1C. The summed E-state index contributed by atoms with van der Waals surface area (Å²) >= 11 is 0. The summed E-state index contributed by atoms with van der Waals surface area (Å²) < 4.78 is 7.55. The minimum Gasteiger partial charge on any atom is -0.495 e. The number of hydrogen-bond acceptors (Lipinski definition) is 1. The number of aromatic nitrogens is 1. The number of para-hydroxylation sites is 1. The molecule has 0 saturated carbocycles. The summed E-state index contributed by atoms with van der Waals surface area (Å²) in [7, 11) is 3.80. The van der Waals surface area contributed by atoms with Crippen LogP contribution in [-0.4, -0.2) is 11.7 Å². The van der Waals surface area contributed by atoms with Gasteiger partial charge < -0.3 is 9.30 Å². The first-order chi connectivity index (χ1) is 6.77. The number of ether oxygens (including phenoxy) is 1. The molecule has 0 unspecified atom stereocenters. The van der Waals surface area contributed by atoms with Gasteiger partial charge in [-0.15, -0.1) is 0 Å². The maximum Gasteiger partial charge on any atom is 0.143 e. The van der Waals surface area contributed by atoms with Crippen LogP contribution >= 0.6 is 0 Å². The van der Waals surface area contributed by atoms with Gasteiger partial charge in [-0.2, -0.15) is 0 Å². The summed E-state index contributed by atoms with van der Waals surface area (Å²) in [6, 6.07) is 8.37. The Kier molecular flexibility index (Phi) is 2.20. The van der Waals surface area contributed by atoms with Crippen molar-refractivity contribution < 1.29 is 4.74 Å². The molecule has 0 bridgehead atoms. The number of hydrogen-bond donors (Lipinski definition) is 0. The molecule has 0 aliphatic carbocycles. The Labute approximate surface area is 84.1 Å². The number of fused-ring (bicyclic) bond motifs is 1. The van der Waals surface area contributed by atoms with Crippen molar-refractivity contribution in [1.29, 1.82) is 0 Å². The van der Waals surface area contributed by atoms with E-state index < -0.39 is 0 Å². The second-order valence-electron chi connectivity index (χ2n) is 3.45. The van der Waals surface area contributed by atoms with Crippen molar-refractivity contribution in [3.05, 3.63) is 30.0 Å². The first-order valence-corrected chi connectivity index (χ1v) is 4.89. The fourth-order valence-corrected chi connectivity index (χ4v) is 1.94. The molecule has 0 atom stereocenters. The van der Waals surface area contributed by atoms with Crippen molar-refractivity contribution in [2.75, 3.05) is 7.11 Å². The normalized spacial score (nSPS) is 10.8. The van der Waals surface area contributed by atoms with Crippen molar-refractivity contribution >= 4 is 10.9 Å². The van der Waals surface area contributed by atoms with Crippen LogP contribution < -0.4 is 4.74 Å². The number of methoxy groups -OCH3 is 1. The molecule has 74 valence electrons. The Hall–Kier alpha value is -1.44. The molecule has 0 fully saturated rings. The Morgan fingerprint density at radius 2 is 2.14 bits per heavy atom. The van der Waals surface area contributed by atoms with E-state index in [1.807, 2.05) is 12.1 Å². The number of rotatable bonds is 2. The van der Waals surface area contributed by atoms with Crippen LogP contribution in [0.25, 0.3) is 10.9 Å². The highest BCUT2D eigenvalue weighted by Crippen LogP contribution is 2.27. The van der Waals surface area contributed by atoms with Crippen molar-refractivity contribution in [2.24, 2.45) is 7.05 Å². The Balaban J connectivity index is 2.79. The largest absolute Gasteiger partial charge is 0.495 e. The topological polar surface area (TPSA) is 14.2 Å². The molecule has 1 aromatic heterocycles. The zero-order chi connectivity index (χ0) is 10.1. The smallest absolute Gasteiger partial charge is 0.143 e. The minimum absolute atomic E-state index is 0.949. The van der Waals surface area contributed by atoms with E-state index in [1.165, 1.54) is 16.6 Å². The lowest BCUT2D eigenvalue weighted by molar-refractivity contribution is 0.418. The van der Waals surface area contributed by atoms with Gasteiger partial charge in [-0.05, 0) is 18.6 Å². The van der Waals surface area contributed by atoms with Crippen LogP contribution in [-0.2, 0) is 13.5 Å². The number of aryl methyl sites for hydroxylation is 2.